The first-order valence-corrected chi connectivity index (χ1v) is 10.8. The highest BCUT2D eigenvalue weighted by Crippen LogP contribution is 2.08. The van der Waals surface area contributed by atoms with Crippen LogP contribution in [0.5, 0.6) is 0 Å². The number of carbonyl (C=O) groups is 4. The molecular formula is C23H35N3O6. The first-order chi connectivity index (χ1) is 15.0. The number of nitrogens with one attached hydrogen (secondary N) is 3. The van der Waals surface area contributed by atoms with E-state index in [-0.39, 0.29) is 24.9 Å². The Hall–Kier alpha value is -3.10. The summed E-state index contributed by atoms with van der Waals surface area (Å²) in [7, 11) is 0. The molecule has 3 amide bonds. The van der Waals surface area contributed by atoms with Crippen molar-refractivity contribution >= 4 is 23.9 Å². The fourth-order valence-corrected chi connectivity index (χ4v) is 2.98. The van der Waals surface area contributed by atoms with Crippen molar-refractivity contribution in [2.75, 3.05) is 0 Å². The molecule has 0 radical (unpaired) electrons. The average molecular weight is 450 g/mol. The summed E-state index contributed by atoms with van der Waals surface area (Å²) in [5.74, 6) is -2.13. The number of hydrogen-bond donors (Lipinski definition) is 4. The number of carboxylic acids is 1. The van der Waals surface area contributed by atoms with Crippen molar-refractivity contribution in [2.45, 2.75) is 72.2 Å². The van der Waals surface area contributed by atoms with Crippen LogP contribution in [0.4, 0.5) is 4.79 Å². The highest BCUT2D eigenvalue weighted by atomic mass is 16.5. The molecule has 3 atom stereocenters. The Balaban J connectivity index is 2.68. The quantitative estimate of drug-likeness (QED) is 0.387. The lowest BCUT2D eigenvalue weighted by Gasteiger charge is -2.23. The number of rotatable bonds is 12. The third-order valence-electron chi connectivity index (χ3n) is 4.60. The lowest BCUT2D eigenvalue weighted by molar-refractivity contribution is -0.142. The Morgan fingerprint density at radius 2 is 1.38 bits per heavy atom. The standard InChI is InChI=1S/C23H35N3O6/c1-14(2)11-18(26-23(31)32-13-17-9-7-6-8-10-17)21(28)24-16(5)20(27)25-19(22(29)30)12-15(3)4/h6-10,14-16,18-19H,11-13H2,1-5H3,(H,24,28)(H,25,27)(H,26,31)(H,29,30)/t16-,18-,19-/m0/s1. The smallest absolute Gasteiger partial charge is 0.408 e. The molecule has 0 aliphatic carbocycles. The lowest BCUT2D eigenvalue weighted by Crippen LogP contribution is -2.55. The summed E-state index contributed by atoms with van der Waals surface area (Å²) in [5.41, 5.74) is 0.812. The Kier molecular flexibility index (Phi) is 11.2. The molecule has 0 spiro atoms. The van der Waals surface area contributed by atoms with Crippen molar-refractivity contribution in [1.29, 1.82) is 0 Å². The van der Waals surface area contributed by atoms with Crippen molar-refractivity contribution in [3.05, 3.63) is 35.9 Å². The van der Waals surface area contributed by atoms with Crippen LogP contribution in [-0.4, -0.2) is 47.1 Å². The maximum absolute atomic E-state index is 12.7. The van der Waals surface area contributed by atoms with E-state index in [4.69, 9.17) is 4.74 Å². The molecule has 9 nitrogen and oxygen atoms in total. The van der Waals surface area contributed by atoms with E-state index in [1.165, 1.54) is 6.92 Å². The predicted molar refractivity (Wildman–Crippen MR) is 120 cm³/mol. The Labute approximate surface area is 189 Å². The topological polar surface area (TPSA) is 134 Å². The zero-order valence-electron chi connectivity index (χ0n) is 19.4. The monoisotopic (exact) mass is 449 g/mol. The van der Waals surface area contributed by atoms with Gasteiger partial charge in [0, 0.05) is 0 Å². The minimum atomic E-state index is -1.13. The van der Waals surface area contributed by atoms with Gasteiger partial charge in [-0.1, -0.05) is 58.0 Å². The van der Waals surface area contributed by atoms with E-state index in [1.54, 1.807) is 0 Å². The maximum Gasteiger partial charge on any atom is 0.408 e. The highest BCUT2D eigenvalue weighted by Gasteiger charge is 2.28. The summed E-state index contributed by atoms with van der Waals surface area (Å²) in [5, 5.41) is 16.8. The number of carbonyl (C=O) groups excluding carboxylic acids is 3. The van der Waals surface area contributed by atoms with Gasteiger partial charge in [-0.15, -0.1) is 0 Å². The van der Waals surface area contributed by atoms with Gasteiger partial charge in [0.25, 0.3) is 0 Å². The SMILES string of the molecule is CC(C)C[C@H](NC(=O)[C@H](C)NC(=O)[C@H](CC(C)C)NC(=O)OCc1ccccc1)C(=O)O. The van der Waals surface area contributed by atoms with Gasteiger partial charge in [-0.3, -0.25) is 9.59 Å². The van der Waals surface area contributed by atoms with Gasteiger partial charge in [0.15, 0.2) is 0 Å². The van der Waals surface area contributed by atoms with E-state index in [1.807, 2.05) is 58.0 Å². The second kappa shape index (κ2) is 13.3. The molecule has 0 heterocycles. The molecule has 0 aliphatic rings. The molecule has 1 rings (SSSR count). The van der Waals surface area contributed by atoms with Crippen molar-refractivity contribution in [2.24, 2.45) is 11.8 Å². The van der Waals surface area contributed by atoms with Crippen LogP contribution in [0.15, 0.2) is 30.3 Å². The molecule has 32 heavy (non-hydrogen) atoms. The lowest BCUT2D eigenvalue weighted by atomic mass is 10.0. The van der Waals surface area contributed by atoms with Crippen LogP contribution in [0.1, 0.15) is 53.0 Å². The highest BCUT2D eigenvalue weighted by molar-refractivity contribution is 5.92. The fraction of sp³-hybridized carbons (Fsp3) is 0.565. The van der Waals surface area contributed by atoms with Gasteiger partial charge in [-0.25, -0.2) is 9.59 Å². The van der Waals surface area contributed by atoms with Crippen LogP contribution in [-0.2, 0) is 25.7 Å². The van der Waals surface area contributed by atoms with Crippen molar-refractivity contribution in [3.8, 4) is 0 Å². The molecular weight excluding hydrogens is 414 g/mol. The molecule has 0 aromatic heterocycles. The minimum Gasteiger partial charge on any atom is -0.480 e. The molecule has 4 N–H and O–H groups in total. The number of amides is 3. The van der Waals surface area contributed by atoms with Gasteiger partial charge in [-0.2, -0.15) is 0 Å². The van der Waals surface area contributed by atoms with Crippen LogP contribution in [0.3, 0.4) is 0 Å². The van der Waals surface area contributed by atoms with Crippen molar-refractivity contribution < 1.29 is 29.0 Å². The number of hydrogen-bond acceptors (Lipinski definition) is 5. The normalized spacial score (nSPS) is 13.7. The number of aliphatic carboxylic acids is 1. The summed E-state index contributed by atoms with van der Waals surface area (Å²) in [6.45, 7) is 9.03. The van der Waals surface area contributed by atoms with Gasteiger partial charge in [0.05, 0.1) is 0 Å². The van der Waals surface area contributed by atoms with Crippen molar-refractivity contribution in [3.63, 3.8) is 0 Å². The van der Waals surface area contributed by atoms with Gasteiger partial charge in [0.2, 0.25) is 11.8 Å². The molecule has 0 saturated heterocycles. The molecule has 178 valence electrons. The average Bonchev–Trinajstić information content (AvgIpc) is 2.71. The van der Waals surface area contributed by atoms with E-state index in [0.29, 0.717) is 6.42 Å². The summed E-state index contributed by atoms with van der Waals surface area (Å²) in [4.78, 5) is 48.7. The van der Waals surface area contributed by atoms with Crippen molar-refractivity contribution in [1.82, 2.24) is 16.0 Å². The van der Waals surface area contributed by atoms with Crippen LogP contribution < -0.4 is 16.0 Å². The second-order valence-electron chi connectivity index (χ2n) is 8.65. The van der Waals surface area contributed by atoms with Gasteiger partial charge in [-0.05, 0) is 37.2 Å². The molecule has 9 heteroatoms. The fourth-order valence-electron chi connectivity index (χ4n) is 2.98. The van der Waals surface area contributed by atoms with E-state index in [0.717, 1.165) is 5.56 Å². The molecule has 0 fully saturated rings. The number of ether oxygens (including phenoxy) is 1. The Morgan fingerprint density at radius 1 is 0.812 bits per heavy atom. The maximum atomic E-state index is 12.7. The molecule has 1 aromatic rings. The molecule has 0 saturated carbocycles. The van der Waals surface area contributed by atoms with Crippen LogP contribution in [0.2, 0.25) is 0 Å². The van der Waals surface area contributed by atoms with Crippen LogP contribution in [0.25, 0.3) is 0 Å². The van der Waals surface area contributed by atoms with Crippen LogP contribution >= 0.6 is 0 Å². The van der Waals surface area contributed by atoms with Gasteiger partial charge < -0.3 is 25.8 Å². The second-order valence-corrected chi connectivity index (χ2v) is 8.65. The van der Waals surface area contributed by atoms with Gasteiger partial charge >= 0.3 is 12.1 Å². The third kappa shape index (κ3) is 10.3. The zero-order chi connectivity index (χ0) is 24.3. The molecule has 1 aromatic carbocycles. The van der Waals surface area contributed by atoms with Gasteiger partial charge in [0.1, 0.15) is 24.7 Å². The molecule has 0 aliphatic heterocycles. The zero-order valence-corrected chi connectivity index (χ0v) is 19.4. The Morgan fingerprint density at radius 3 is 1.91 bits per heavy atom. The first kappa shape index (κ1) is 26.9. The third-order valence-corrected chi connectivity index (χ3v) is 4.60. The number of benzene rings is 1. The minimum absolute atomic E-state index is 0.0634. The van der Waals surface area contributed by atoms with E-state index >= 15 is 0 Å². The first-order valence-electron chi connectivity index (χ1n) is 10.8. The summed E-state index contributed by atoms with van der Waals surface area (Å²) < 4.78 is 5.18. The summed E-state index contributed by atoms with van der Waals surface area (Å²) in [6.07, 6.45) is -0.132. The predicted octanol–water partition coefficient (Wildman–Crippen LogP) is 2.45. The summed E-state index contributed by atoms with van der Waals surface area (Å²) in [6, 6.07) is 6.21. The Bertz CT molecular complexity index is 766. The summed E-state index contributed by atoms with van der Waals surface area (Å²) >= 11 is 0. The number of alkyl carbamates (subject to hydrolysis) is 1. The van der Waals surface area contributed by atoms with Crippen LogP contribution in [0, 0.1) is 11.8 Å². The van der Waals surface area contributed by atoms with E-state index in [9.17, 15) is 24.3 Å². The van der Waals surface area contributed by atoms with E-state index in [2.05, 4.69) is 16.0 Å². The number of carboxylic acid groups (broad SMARTS) is 1. The molecule has 0 unspecified atom stereocenters. The largest absolute Gasteiger partial charge is 0.480 e. The van der Waals surface area contributed by atoms with E-state index < -0.39 is 42.0 Å². The molecule has 0 bridgehead atoms.